The molecule has 1 atom stereocenters. The van der Waals surface area contributed by atoms with E-state index in [9.17, 15) is 9.59 Å². The first-order chi connectivity index (χ1) is 22.9. The first-order valence-electron chi connectivity index (χ1n) is 16.7. The predicted molar refractivity (Wildman–Crippen MR) is 190 cm³/mol. The minimum atomic E-state index is -0.380. The summed E-state index contributed by atoms with van der Waals surface area (Å²) in [4.78, 5) is 35.5. The van der Waals surface area contributed by atoms with Crippen LogP contribution in [0.1, 0.15) is 45.3 Å². The van der Waals surface area contributed by atoms with Gasteiger partial charge in [-0.1, -0.05) is 78.9 Å². The van der Waals surface area contributed by atoms with Crippen molar-refractivity contribution in [2.75, 3.05) is 58.3 Å². The van der Waals surface area contributed by atoms with E-state index in [2.05, 4.69) is 102 Å². The second-order valence-corrected chi connectivity index (χ2v) is 13.2. The number of carbonyl (C=O) groups is 2. The highest BCUT2D eigenvalue weighted by atomic mass is 16.2. The fourth-order valence-corrected chi connectivity index (χ4v) is 7.38. The van der Waals surface area contributed by atoms with Crippen molar-refractivity contribution in [3.63, 3.8) is 0 Å². The molecule has 1 unspecified atom stereocenters. The third-order valence-electron chi connectivity index (χ3n) is 9.92. The van der Waals surface area contributed by atoms with Gasteiger partial charge in [-0.25, -0.2) is 0 Å². The maximum absolute atomic E-state index is 14.1. The van der Waals surface area contributed by atoms with Crippen molar-refractivity contribution in [2.24, 2.45) is 0 Å². The van der Waals surface area contributed by atoms with Crippen LogP contribution < -0.4 is 4.90 Å². The van der Waals surface area contributed by atoms with E-state index in [1.165, 1.54) is 21.9 Å². The van der Waals surface area contributed by atoms with Crippen molar-refractivity contribution in [1.29, 1.82) is 0 Å². The van der Waals surface area contributed by atoms with Crippen molar-refractivity contribution in [3.8, 4) is 11.1 Å². The Morgan fingerprint density at radius 1 is 0.830 bits per heavy atom. The molecule has 7 heteroatoms. The molecule has 240 valence electrons. The molecular formula is C40H43N5O2. The van der Waals surface area contributed by atoms with Gasteiger partial charge in [-0.05, 0) is 97.3 Å². The number of anilines is 1. The summed E-state index contributed by atoms with van der Waals surface area (Å²) in [7, 11) is 4.22. The highest BCUT2D eigenvalue weighted by molar-refractivity contribution is 5.98. The van der Waals surface area contributed by atoms with E-state index in [1.54, 1.807) is 0 Å². The Kier molecular flexibility index (Phi) is 8.67. The number of hydrogen-bond acceptors (Lipinski definition) is 4. The van der Waals surface area contributed by atoms with Crippen LogP contribution >= 0.6 is 0 Å². The van der Waals surface area contributed by atoms with Crippen LogP contribution in [0.15, 0.2) is 97.1 Å². The Labute approximate surface area is 277 Å². The van der Waals surface area contributed by atoms with Gasteiger partial charge in [-0.3, -0.25) is 14.5 Å². The summed E-state index contributed by atoms with van der Waals surface area (Å²) in [5.41, 5.74) is 8.07. The average Bonchev–Trinajstić information content (AvgIpc) is 3.44. The number of rotatable bonds is 8. The standard InChI is InChI=1S/C40H43N5O2/c1-29-13-18-34(35-11-6-5-10-33(29)35)30-14-16-31(17-15-30)39-37-19-20-38(44(37)27-32-9-4-7-12-36(32)45(39)28-46)40(47)43-25-23-42(24-26-43)22-8-21-41(2)3/h4-7,9-20,28,39H,8,21-27H2,1-3H3. The molecule has 7 nitrogen and oxygen atoms in total. The number of benzene rings is 4. The number of nitrogens with zero attached hydrogens (tertiary/aromatic N) is 5. The second kappa shape index (κ2) is 13.2. The van der Waals surface area contributed by atoms with Gasteiger partial charge in [-0.15, -0.1) is 0 Å². The predicted octanol–water partition coefficient (Wildman–Crippen LogP) is 6.44. The van der Waals surface area contributed by atoms with Gasteiger partial charge in [0.15, 0.2) is 0 Å². The molecule has 0 aliphatic carbocycles. The lowest BCUT2D eigenvalue weighted by Crippen LogP contribution is -2.49. The zero-order valence-corrected chi connectivity index (χ0v) is 27.6. The molecule has 1 fully saturated rings. The van der Waals surface area contributed by atoms with Crippen molar-refractivity contribution >= 4 is 28.8 Å². The summed E-state index contributed by atoms with van der Waals surface area (Å²) < 4.78 is 2.14. The molecule has 4 aromatic carbocycles. The number of fused-ring (bicyclic) bond motifs is 3. The zero-order valence-electron chi connectivity index (χ0n) is 27.6. The number of piperazine rings is 1. The SMILES string of the molecule is Cc1ccc(-c2ccc(C3c4ccc(C(=O)N5CCN(CCCN(C)C)CC5)n4Cc4ccccc4N3C=O)cc2)c2ccccc12. The van der Waals surface area contributed by atoms with Gasteiger partial charge in [0.25, 0.3) is 5.91 Å². The largest absolute Gasteiger partial charge is 0.335 e. The summed E-state index contributed by atoms with van der Waals surface area (Å²) in [6, 6.07) is 33.1. The molecule has 3 heterocycles. The summed E-state index contributed by atoms with van der Waals surface area (Å²) in [5, 5.41) is 2.48. The maximum atomic E-state index is 14.1. The Bertz CT molecular complexity index is 1900. The molecule has 0 N–H and O–H groups in total. The molecule has 2 aliphatic rings. The fraction of sp³-hybridized carbons (Fsp3) is 0.300. The lowest BCUT2D eigenvalue weighted by atomic mass is 9.93. The topological polar surface area (TPSA) is 52.0 Å². The maximum Gasteiger partial charge on any atom is 0.270 e. The Morgan fingerprint density at radius 2 is 1.55 bits per heavy atom. The van der Waals surface area contributed by atoms with Gasteiger partial charge >= 0.3 is 0 Å². The van der Waals surface area contributed by atoms with E-state index in [-0.39, 0.29) is 11.9 Å². The molecular weight excluding hydrogens is 582 g/mol. The van der Waals surface area contributed by atoms with Crippen LogP contribution in [0, 0.1) is 6.92 Å². The quantitative estimate of drug-likeness (QED) is 0.186. The van der Waals surface area contributed by atoms with Gasteiger partial charge in [0.2, 0.25) is 6.41 Å². The van der Waals surface area contributed by atoms with Crippen LogP contribution in [0.3, 0.4) is 0 Å². The van der Waals surface area contributed by atoms with E-state index >= 15 is 0 Å². The van der Waals surface area contributed by atoms with Crippen molar-refractivity contribution in [3.05, 3.63) is 125 Å². The van der Waals surface area contributed by atoms with Gasteiger partial charge in [0.1, 0.15) is 11.7 Å². The first-order valence-corrected chi connectivity index (χ1v) is 16.7. The normalized spacial score (nSPS) is 16.6. The first kappa shape index (κ1) is 30.9. The minimum Gasteiger partial charge on any atom is -0.335 e. The highest BCUT2D eigenvalue weighted by Crippen LogP contribution is 2.40. The van der Waals surface area contributed by atoms with E-state index in [0.717, 1.165) is 80.2 Å². The van der Waals surface area contributed by atoms with Crippen LogP contribution in [0.5, 0.6) is 0 Å². The van der Waals surface area contributed by atoms with Gasteiger partial charge < -0.3 is 19.3 Å². The fourth-order valence-electron chi connectivity index (χ4n) is 7.38. The summed E-state index contributed by atoms with van der Waals surface area (Å²) in [5.74, 6) is 0.0570. The van der Waals surface area contributed by atoms with E-state index in [4.69, 9.17) is 0 Å². The molecule has 1 saturated heterocycles. The molecule has 5 aromatic rings. The molecule has 0 radical (unpaired) electrons. The molecule has 0 bridgehead atoms. The second-order valence-electron chi connectivity index (χ2n) is 13.2. The number of hydrogen-bond donors (Lipinski definition) is 0. The van der Waals surface area contributed by atoms with Gasteiger partial charge in [0, 0.05) is 37.6 Å². The lowest BCUT2D eigenvalue weighted by Gasteiger charge is -2.35. The minimum absolute atomic E-state index is 0.0570. The number of aryl methyl sites for hydroxylation is 1. The molecule has 0 saturated carbocycles. The molecule has 47 heavy (non-hydrogen) atoms. The Morgan fingerprint density at radius 3 is 2.30 bits per heavy atom. The van der Waals surface area contributed by atoms with Crippen molar-refractivity contribution in [1.82, 2.24) is 19.3 Å². The highest BCUT2D eigenvalue weighted by Gasteiger charge is 2.33. The monoisotopic (exact) mass is 625 g/mol. The summed E-state index contributed by atoms with van der Waals surface area (Å²) in [6.45, 7) is 8.02. The average molecular weight is 626 g/mol. The zero-order chi connectivity index (χ0) is 32.5. The van der Waals surface area contributed by atoms with Gasteiger partial charge in [-0.2, -0.15) is 0 Å². The molecule has 1 aromatic heterocycles. The molecule has 2 aliphatic heterocycles. The molecule has 0 spiro atoms. The Hall–Kier alpha value is -4.72. The van der Waals surface area contributed by atoms with Crippen molar-refractivity contribution in [2.45, 2.75) is 25.9 Å². The van der Waals surface area contributed by atoms with Crippen LogP contribution in [0.2, 0.25) is 0 Å². The number of para-hydroxylation sites is 1. The lowest BCUT2D eigenvalue weighted by molar-refractivity contribution is -0.107. The van der Waals surface area contributed by atoms with Crippen LogP contribution in [0.4, 0.5) is 5.69 Å². The van der Waals surface area contributed by atoms with Crippen molar-refractivity contribution < 1.29 is 9.59 Å². The number of carbonyl (C=O) groups excluding carboxylic acids is 2. The van der Waals surface area contributed by atoms with Crippen LogP contribution in [-0.2, 0) is 11.3 Å². The van der Waals surface area contributed by atoms with E-state index < -0.39 is 0 Å². The molecule has 7 rings (SSSR count). The van der Waals surface area contributed by atoms with E-state index in [1.807, 2.05) is 40.1 Å². The third kappa shape index (κ3) is 5.97. The van der Waals surface area contributed by atoms with Crippen LogP contribution in [0.25, 0.3) is 21.9 Å². The Balaban J connectivity index is 1.21. The number of amides is 2. The molecule has 2 amide bonds. The number of aromatic nitrogens is 1. The van der Waals surface area contributed by atoms with E-state index in [0.29, 0.717) is 12.2 Å². The smallest absolute Gasteiger partial charge is 0.270 e. The van der Waals surface area contributed by atoms with Gasteiger partial charge in [0.05, 0.1) is 6.54 Å². The van der Waals surface area contributed by atoms with Crippen LogP contribution in [-0.4, -0.2) is 84.9 Å². The third-order valence-corrected chi connectivity index (χ3v) is 9.92. The summed E-state index contributed by atoms with van der Waals surface area (Å²) in [6.07, 6.45) is 2.06. The summed E-state index contributed by atoms with van der Waals surface area (Å²) >= 11 is 0.